The van der Waals surface area contributed by atoms with Crippen molar-refractivity contribution in [3.05, 3.63) is 28.7 Å². The van der Waals surface area contributed by atoms with E-state index in [4.69, 9.17) is 0 Å². The Hall–Kier alpha value is -1.08. The summed E-state index contributed by atoms with van der Waals surface area (Å²) < 4.78 is 23.4. The molecule has 1 unspecified atom stereocenters. The summed E-state index contributed by atoms with van der Waals surface area (Å²) in [5, 5.41) is 5.32. The summed E-state index contributed by atoms with van der Waals surface area (Å²) in [6.45, 7) is 0. The van der Waals surface area contributed by atoms with Gasteiger partial charge in [0, 0.05) is 16.2 Å². The highest BCUT2D eigenvalue weighted by Crippen LogP contribution is 2.16. The first-order valence-corrected chi connectivity index (χ1v) is 8.09. The molecule has 0 aliphatic carbocycles. The minimum absolute atomic E-state index is 0.0267. The second kappa shape index (κ2) is 5.27. The Bertz CT molecular complexity index is 559. The summed E-state index contributed by atoms with van der Waals surface area (Å²) in [6.07, 6.45) is 0.480. The number of benzene rings is 1. The van der Waals surface area contributed by atoms with Gasteiger partial charge in [-0.3, -0.25) is 0 Å². The number of sulfone groups is 1. The number of halogens is 1. The van der Waals surface area contributed by atoms with E-state index >= 15 is 0 Å². The molecule has 7 heteroatoms. The van der Waals surface area contributed by atoms with Crippen LogP contribution in [0.5, 0.6) is 0 Å². The molecule has 1 heterocycles. The molecular weight excluding hydrogens is 320 g/mol. The van der Waals surface area contributed by atoms with Gasteiger partial charge in [-0.15, -0.1) is 0 Å². The monoisotopic (exact) mass is 332 g/mol. The van der Waals surface area contributed by atoms with Crippen LogP contribution in [0.3, 0.4) is 0 Å². The van der Waals surface area contributed by atoms with Crippen LogP contribution in [-0.4, -0.2) is 32.0 Å². The normalized spacial score (nSPS) is 21.5. The van der Waals surface area contributed by atoms with Gasteiger partial charge < -0.3 is 10.6 Å². The number of hydrogen-bond acceptors (Lipinski definition) is 3. The lowest BCUT2D eigenvalue weighted by molar-refractivity contribution is 0.249. The average Bonchev–Trinajstić information content (AvgIpc) is 2.57. The lowest BCUT2D eigenvalue weighted by Crippen LogP contribution is -2.38. The molecule has 0 aromatic heterocycles. The Morgan fingerprint density at radius 2 is 2.17 bits per heavy atom. The van der Waals surface area contributed by atoms with Gasteiger partial charge in [0.1, 0.15) is 0 Å². The quantitative estimate of drug-likeness (QED) is 0.866. The predicted octanol–water partition coefficient (Wildman–Crippen LogP) is 1.76. The maximum Gasteiger partial charge on any atom is 0.319 e. The fourth-order valence-electron chi connectivity index (χ4n) is 1.83. The average molecular weight is 333 g/mol. The standard InChI is InChI=1S/C11H13BrN2O3S/c12-8-2-1-3-9(6-8)13-11(15)14-10-4-5-18(16,17)7-10/h1-3,6,10H,4-5,7H2,(H2,13,14,15). The van der Waals surface area contributed by atoms with E-state index < -0.39 is 9.84 Å². The van der Waals surface area contributed by atoms with Gasteiger partial charge in [-0.25, -0.2) is 13.2 Å². The minimum atomic E-state index is -2.97. The van der Waals surface area contributed by atoms with Crippen molar-refractivity contribution in [3.8, 4) is 0 Å². The molecule has 2 rings (SSSR count). The van der Waals surface area contributed by atoms with E-state index in [1.807, 2.05) is 6.07 Å². The van der Waals surface area contributed by atoms with Crippen molar-refractivity contribution in [2.45, 2.75) is 12.5 Å². The minimum Gasteiger partial charge on any atom is -0.334 e. The highest BCUT2D eigenvalue weighted by Gasteiger charge is 2.28. The van der Waals surface area contributed by atoms with Crippen molar-refractivity contribution in [1.29, 1.82) is 0 Å². The number of hydrogen-bond donors (Lipinski definition) is 2. The van der Waals surface area contributed by atoms with Gasteiger partial charge in [0.2, 0.25) is 0 Å². The maximum absolute atomic E-state index is 11.7. The largest absolute Gasteiger partial charge is 0.334 e. The fraction of sp³-hybridized carbons (Fsp3) is 0.364. The summed E-state index contributed by atoms with van der Waals surface area (Å²) >= 11 is 3.30. The van der Waals surface area contributed by atoms with Crippen LogP contribution in [0.25, 0.3) is 0 Å². The molecule has 0 spiro atoms. The van der Waals surface area contributed by atoms with E-state index in [0.29, 0.717) is 12.1 Å². The highest BCUT2D eigenvalue weighted by molar-refractivity contribution is 9.10. The van der Waals surface area contributed by atoms with Crippen LogP contribution < -0.4 is 10.6 Å². The van der Waals surface area contributed by atoms with Crippen molar-refractivity contribution in [1.82, 2.24) is 5.32 Å². The summed E-state index contributed by atoms with van der Waals surface area (Å²) in [4.78, 5) is 11.7. The third-order valence-corrected chi connectivity index (χ3v) is 4.91. The van der Waals surface area contributed by atoms with E-state index in [0.717, 1.165) is 4.47 Å². The zero-order valence-electron chi connectivity index (χ0n) is 9.52. The molecule has 18 heavy (non-hydrogen) atoms. The molecule has 1 atom stereocenters. The molecular formula is C11H13BrN2O3S. The molecule has 0 saturated carbocycles. The van der Waals surface area contributed by atoms with Crippen LogP contribution in [0.1, 0.15) is 6.42 Å². The molecule has 2 N–H and O–H groups in total. The Kier molecular flexibility index (Phi) is 3.91. The Morgan fingerprint density at radius 1 is 1.39 bits per heavy atom. The van der Waals surface area contributed by atoms with Crippen molar-refractivity contribution >= 4 is 37.5 Å². The highest BCUT2D eigenvalue weighted by atomic mass is 79.9. The number of nitrogens with one attached hydrogen (secondary N) is 2. The van der Waals surface area contributed by atoms with Crippen molar-refractivity contribution < 1.29 is 13.2 Å². The Labute approximate surface area is 114 Å². The smallest absolute Gasteiger partial charge is 0.319 e. The van der Waals surface area contributed by atoms with Crippen LogP contribution >= 0.6 is 15.9 Å². The first kappa shape index (κ1) is 13.4. The molecule has 2 amide bonds. The van der Waals surface area contributed by atoms with Gasteiger partial charge in [0.15, 0.2) is 9.84 Å². The number of carbonyl (C=O) groups is 1. The second-order valence-corrected chi connectivity index (χ2v) is 7.35. The van der Waals surface area contributed by atoms with Crippen LogP contribution in [0.2, 0.25) is 0 Å². The summed E-state index contributed by atoms with van der Waals surface area (Å²) in [5.41, 5.74) is 0.655. The third kappa shape index (κ3) is 3.71. The number of urea groups is 1. The lowest BCUT2D eigenvalue weighted by atomic mass is 10.3. The second-order valence-electron chi connectivity index (χ2n) is 4.21. The molecule has 0 bridgehead atoms. The summed E-state index contributed by atoms with van der Waals surface area (Å²) in [6, 6.07) is 6.52. The third-order valence-electron chi connectivity index (χ3n) is 2.65. The SMILES string of the molecule is O=C(Nc1cccc(Br)c1)NC1CCS(=O)(=O)C1. The van der Waals surface area contributed by atoms with Crippen LogP contribution in [-0.2, 0) is 9.84 Å². The van der Waals surface area contributed by atoms with E-state index in [2.05, 4.69) is 26.6 Å². The molecule has 1 aromatic rings. The first-order valence-electron chi connectivity index (χ1n) is 5.48. The number of amides is 2. The lowest BCUT2D eigenvalue weighted by Gasteiger charge is -2.12. The molecule has 1 aliphatic rings. The van der Waals surface area contributed by atoms with Gasteiger partial charge in [-0.1, -0.05) is 22.0 Å². The molecule has 1 aliphatic heterocycles. The molecule has 1 aromatic carbocycles. The van der Waals surface area contributed by atoms with Crippen LogP contribution in [0.15, 0.2) is 28.7 Å². The number of anilines is 1. The van der Waals surface area contributed by atoms with Crippen LogP contribution in [0.4, 0.5) is 10.5 Å². The molecule has 5 nitrogen and oxygen atoms in total. The van der Waals surface area contributed by atoms with E-state index in [9.17, 15) is 13.2 Å². The van der Waals surface area contributed by atoms with Crippen LogP contribution in [0, 0.1) is 0 Å². The predicted molar refractivity (Wildman–Crippen MR) is 73.4 cm³/mol. The Morgan fingerprint density at radius 3 is 2.78 bits per heavy atom. The van der Waals surface area contributed by atoms with Gasteiger partial charge in [0.25, 0.3) is 0 Å². The fourth-order valence-corrected chi connectivity index (χ4v) is 3.90. The number of rotatable bonds is 2. The van der Waals surface area contributed by atoms with Gasteiger partial charge in [-0.05, 0) is 24.6 Å². The van der Waals surface area contributed by atoms with Crippen molar-refractivity contribution in [2.24, 2.45) is 0 Å². The molecule has 0 radical (unpaired) electrons. The zero-order chi connectivity index (χ0) is 13.2. The Balaban J connectivity index is 1.90. The van der Waals surface area contributed by atoms with E-state index in [1.165, 1.54) is 0 Å². The first-order chi connectivity index (χ1) is 8.44. The van der Waals surface area contributed by atoms with E-state index in [-0.39, 0.29) is 23.6 Å². The van der Waals surface area contributed by atoms with Gasteiger partial charge in [0.05, 0.1) is 11.5 Å². The van der Waals surface area contributed by atoms with Crippen molar-refractivity contribution in [2.75, 3.05) is 16.8 Å². The molecule has 1 saturated heterocycles. The van der Waals surface area contributed by atoms with Gasteiger partial charge in [-0.2, -0.15) is 0 Å². The zero-order valence-corrected chi connectivity index (χ0v) is 11.9. The summed E-state index contributed by atoms with van der Waals surface area (Å²) in [5.74, 6) is 0.174. The summed E-state index contributed by atoms with van der Waals surface area (Å²) in [7, 11) is -2.97. The van der Waals surface area contributed by atoms with E-state index in [1.54, 1.807) is 18.2 Å². The molecule has 1 fully saturated rings. The molecule has 98 valence electrons. The van der Waals surface area contributed by atoms with Crippen molar-refractivity contribution in [3.63, 3.8) is 0 Å². The maximum atomic E-state index is 11.7. The number of carbonyl (C=O) groups excluding carboxylic acids is 1. The van der Waals surface area contributed by atoms with Gasteiger partial charge >= 0.3 is 6.03 Å². The topological polar surface area (TPSA) is 75.3 Å².